The van der Waals surface area contributed by atoms with Crippen molar-refractivity contribution < 1.29 is 0 Å². The minimum absolute atomic E-state index is 0.313. The topological polar surface area (TPSA) is 41.1 Å². The van der Waals surface area contributed by atoms with Gasteiger partial charge in [0.15, 0.2) is 0 Å². The minimum Gasteiger partial charge on any atom is -0.368 e. The summed E-state index contributed by atoms with van der Waals surface area (Å²) in [6, 6.07) is 2.56. The molecule has 20 heavy (non-hydrogen) atoms. The molecule has 1 unspecified atom stereocenters. The molecule has 6 heteroatoms. The molecule has 1 aliphatic heterocycles. The molecule has 108 valence electrons. The maximum Gasteiger partial charge on any atom is 0.225 e. The van der Waals surface area contributed by atoms with Crippen molar-refractivity contribution in [1.82, 2.24) is 14.9 Å². The van der Waals surface area contributed by atoms with Gasteiger partial charge in [0.25, 0.3) is 0 Å². The lowest BCUT2D eigenvalue weighted by Crippen LogP contribution is -2.41. The lowest BCUT2D eigenvalue weighted by Gasteiger charge is -2.32. The maximum atomic E-state index is 5.98. The van der Waals surface area contributed by atoms with E-state index in [4.69, 9.17) is 11.6 Å². The molecule has 3 heterocycles. The number of rotatable bonds is 4. The molecule has 0 aromatic carbocycles. The van der Waals surface area contributed by atoms with Crippen molar-refractivity contribution in [3.63, 3.8) is 0 Å². The van der Waals surface area contributed by atoms with Crippen molar-refractivity contribution in [2.45, 2.75) is 32.2 Å². The van der Waals surface area contributed by atoms with Gasteiger partial charge in [0.1, 0.15) is 10.6 Å². The van der Waals surface area contributed by atoms with Gasteiger partial charge in [-0.2, -0.15) is 0 Å². The Bertz CT molecular complexity index is 580. The van der Waals surface area contributed by atoms with Crippen molar-refractivity contribution in [3.05, 3.63) is 16.7 Å². The number of halogens is 1. The van der Waals surface area contributed by atoms with Gasteiger partial charge < -0.3 is 5.32 Å². The molecule has 1 fully saturated rings. The van der Waals surface area contributed by atoms with Crippen LogP contribution in [-0.4, -0.2) is 40.5 Å². The Balaban J connectivity index is 1.68. The van der Waals surface area contributed by atoms with E-state index < -0.39 is 0 Å². The van der Waals surface area contributed by atoms with Gasteiger partial charge in [-0.15, -0.1) is 11.3 Å². The predicted molar refractivity (Wildman–Crippen MR) is 85.8 cm³/mol. The van der Waals surface area contributed by atoms with Gasteiger partial charge in [-0.3, -0.25) is 4.90 Å². The van der Waals surface area contributed by atoms with Crippen LogP contribution in [0.2, 0.25) is 5.28 Å². The number of piperidine rings is 1. The Morgan fingerprint density at radius 2 is 2.15 bits per heavy atom. The first-order valence-corrected chi connectivity index (χ1v) is 8.38. The summed E-state index contributed by atoms with van der Waals surface area (Å²) in [4.78, 5) is 12.0. The maximum absolute atomic E-state index is 5.98. The molecule has 3 rings (SSSR count). The van der Waals surface area contributed by atoms with Gasteiger partial charge >= 0.3 is 0 Å². The molecule has 0 saturated carbocycles. The molecule has 0 radical (unpaired) electrons. The number of hydrogen-bond donors (Lipinski definition) is 1. The molecule has 1 N–H and O–H groups in total. The molecule has 4 nitrogen and oxygen atoms in total. The fourth-order valence-corrected chi connectivity index (χ4v) is 3.68. The average Bonchev–Trinajstić information content (AvgIpc) is 2.93. The second kappa shape index (κ2) is 6.24. The van der Waals surface area contributed by atoms with E-state index in [2.05, 4.69) is 27.1 Å². The fourth-order valence-electron chi connectivity index (χ4n) is 2.70. The molecular weight excluding hydrogens is 292 g/mol. The van der Waals surface area contributed by atoms with Crippen LogP contribution in [0.5, 0.6) is 0 Å². The fraction of sp³-hybridized carbons (Fsp3) is 0.571. The molecule has 2 aromatic rings. The summed E-state index contributed by atoms with van der Waals surface area (Å²) < 4.78 is 0. The summed E-state index contributed by atoms with van der Waals surface area (Å²) in [5.41, 5.74) is 0. The summed E-state index contributed by atoms with van der Waals surface area (Å²) >= 11 is 7.57. The van der Waals surface area contributed by atoms with Gasteiger partial charge in [0, 0.05) is 12.6 Å². The molecule has 0 spiro atoms. The lowest BCUT2D eigenvalue weighted by molar-refractivity contribution is 0.180. The van der Waals surface area contributed by atoms with Crippen molar-refractivity contribution in [2.24, 2.45) is 0 Å². The highest BCUT2D eigenvalue weighted by molar-refractivity contribution is 7.16. The first-order chi connectivity index (χ1) is 9.74. The van der Waals surface area contributed by atoms with E-state index in [9.17, 15) is 0 Å². The van der Waals surface area contributed by atoms with Crippen LogP contribution in [0, 0.1) is 0 Å². The van der Waals surface area contributed by atoms with Crippen LogP contribution in [-0.2, 0) is 0 Å². The third-order valence-electron chi connectivity index (χ3n) is 3.88. The molecule has 0 bridgehead atoms. The first kappa shape index (κ1) is 14.0. The zero-order chi connectivity index (χ0) is 13.9. The van der Waals surface area contributed by atoms with Gasteiger partial charge in [-0.25, -0.2) is 9.97 Å². The number of likely N-dealkylation sites (tertiary alicyclic amines) is 1. The normalized spacial score (nSPS) is 18.3. The van der Waals surface area contributed by atoms with Crippen molar-refractivity contribution in [2.75, 3.05) is 25.0 Å². The summed E-state index contributed by atoms with van der Waals surface area (Å²) in [5, 5.41) is 6.84. The molecule has 1 aliphatic rings. The van der Waals surface area contributed by atoms with Crippen molar-refractivity contribution >= 4 is 39.0 Å². The lowest BCUT2D eigenvalue weighted by atomic mass is 10.1. The Morgan fingerprint density at radius 1 is 1.35 bits per heavy atom. The number of fused-ring (bicyclic) bond motifs is 1. The Labute approximate surface area is 128 Å². The van der Waals surface area contributed by atoms with Gasteiger partial charge in [0.05, 0.1) is 5.39 Å². The van der Waals surface area contributed by atoms with E-state index in [1.54, 1.807) is 11.3 Å². The van der Waals surface area contributed by atoms with Gasteiger partial charge in [-0.1, -0.05) is 6.42 Å². The van der Waals surface area contributed by atoms with E-state index in [1.165, 1.54) is 32.4 Å². The monoisotopic (exact) mass is 310 g/mol. The Kier molecular flexibility index (Phi) is 4.38. The Hall–Kier alpha value is -0.910. The standard InChI is InChI=1S/C14H19ClN4S/c1-10(19-6-3-2-4-7-19)9-16-12-11-5-8-20-13(11)18-14(15)17-12/h5,8,10H,2-4,6-7,9H2,1H3,(H,16,17,18). The van der Waals surface area contributed by atoms with E-state index in [-0.39, 0.29) is 0 Å². The zero-order valence-corrected chi connectivity index (χ0v) is 13.2. The van der Waals surface area contributed by atoms with Crippen LogP contribution >= 0.6 is 22.9 Å². The molecule has 0 amide bonds. The largest absolute Gasteiger partial charge is 0.368 e. The van der Waals surface area contributed by atoms with Crippen molar-refractivity contribution in [1.29, 1.82) is 0 Å². The number of nitrogens with zero attached hydrogens (tertiary/aromatic N) is 3. The minimum atomic E-state index is 0.313. The predicted octanol–water partition coefficient (Wildman–Crippen LogP) is 3.63. The van der Waals surface area contributed by atoms with Crippen LogP contribution in [0.15, 0.2) is 11.4 Å². The summed E-state index contributed by atoms with van der Waals surface area (Å²) in [6.45, 7) is 5.58. The molecular formula is C14H19ClN4S. The number of thiophene rings is 1. The number of anilines is 1. The third kappa shape index (κ3) is 3.05. The quantitative estimate of drug-likeness (QED) is 0.876. The summed E-state index contributed by atoms with van der Waals surface area (Å²) in [6.07, 6.45) is 4.00. The van der Waals surface area contributed by atoms with E-state index in [1.807, 2.05) is 11.4 Å². The van der Waals surface area contributed by atoms with Crippen LogP contribution in [0.1, 0.15) is 26.2 Å². The number of hydrogen-bond acceptors (Lipinski definition) is 5. The molecule has 0 aliphatic carbocycles. The highest BCUT2D eigenvalue weighted by Gasteiger charge is 2.17. The molecule has 2 aromatic heterocycles. The molecule has 1 atom stereocenters. The van der Waals surface area contributed by atoms with E-state index in [0.29, 0.717) is 11.3 Å². The molecule has 1 saturated heterocycles. The van der Waals surface area contributed by atoms with Gasteiger partial charge in [-0.05, 0) is 55.9 Å². The highest BCUT2D eigenvalue weighted by atomic mass is 35.5. The second-order valence-electron chi connectivity index (χ2n) is 5.31. The average molecular weight is 311 g/mol. The van der Waals surface area contributed by atoms with Crippen LogP contribution in [0.4, 0.5) is 5.82 Å². The van der Waals surface area contributed by atoms with Gasteiger partial charge in [0.2, 0.25) is 5.28 Å². The highest BCUT2D eigenvalue weighted by Crippen LogP contribution is 2.26. The van der Waals surface area contributed by atoms with E-state index >= 15 is 0 Å². The van der Waals surface area contributed by atoms with Crippen LogP contribution in [0.3, 0.4) is 0 Å². The smallest absolute Gasteiger partial charge is 0.225 e. The summed E-state index contributed by atoms with van der Waals surface area (Å²) in [7, 11) is 0. The first-order valence-electron chi connectivity index (χ1n) is 7.13. The SMILES string of the molecule is CC(CNc1nc(Cl)nc2sccc12)N1CCCCC1. The van der Waals surface area contributed by atoms with Crippen molar-refractivity contribution in [3.8, 4) is 0 Å². The Morgan fingerprint density at radius 3 is 2.95 bits per heavy atom. The van der Waals surface area contributed by atoms with Crippen LogP contribution < -0.4 is 5.32 Å². The zero-order valence-electron chi connectivity index (χ0n) is 11.6. The number of nitrogens with one attached hydrogen (secondary N) is 1. The summed E-state index contributed by atoms with van der Waals surface area (Å²) in [5.74, 6) is 0.852. The van der Waals surface area contributed by atoms with Crippen LogP contribution in [0.25, 0.3) is 10.2 Å². The van der Waals surface area contributed by atoms with E-state index in [0.717, 1.165) is 22.6 Å². The second-order valence-corrected chi connectivity index (χ2v) is 6.54. The number of aromatic nitrogens is 2. The third-order valence-corrected chi connectivity index (χ3v) is 4.85.